The highest BCUT2D eigenvalue weighted by molar-refractivity contribution is 5.78. The van der Waals surface area contributed by atoms with E-state index in [1.165, 1.54) is 0 Å². The van der Waals surface area contributed by atoms with Crippen molar-refractivity contribution < 1.29 is 14.6 Å². The standard InChI is InChI=1S/C18H27NO3/c1-3-14(2)16-8-4-5-9-17(16)22-13-18(21)19-10-6-7-15(11-19)12-20/h4-5,8-9,14-15,20H,3,6-7,10-13H2,1-2H3. The first-order valence-electron chi connectivity index (χ1n) is 8.26. The molecule has 0 saturated carbocycles. The number of hydrogen-bond donors (Lipinski definition) is 1. The minimum Gasteiger partial charge on any atom is -0.483 e. The molecule has 4 nitrogen and oxygen atoms in total. The Bertz CT molecular complexity index is 489. The molecule has 2 rings (SSSR count). The largest absolute Gasteiger partial charge is 0.483 e. The van der Waals surface area contributed by atoms with Gasteiger partial charge in [0, 0.05) is 19.7 Å². The molecule has 2 atom stereocenters. The summed E-state index contributed by atoms with van der Waals surface area (Å²) < 4.78 is 5.79. The van der Waals surface area contributed by atoms with E-state index in [-0.39, 0.29) is 25.0 Å². The lowest BCUT2D eigenvalue weighted by Gasteiger charge is -2.31. The Labute approximate surface area is 133 Å². The van der Waals surface area contributed by atoms with E-state index in [0.717, 1.165) is 37.1 Å². The molecule has 2 unspecified atom stereocenters. The van der Waals surface area contributed by atoms with Crippen LogP contribution in [0.2, 0.25) is 0 Å². The van der Waals surface area contributed by atoms with Gasteiger partial charge in [-0.3, -0.25) is 4.79 Å². The number of aliphatic hydroxyl groups excluding tert-OH is 1. The third-order valence-electron chi connectivity index (χ3n) is 4.54. The third-order valence-corrected chi connectivity index (χ3v) is 4.54. The first kappa shape index (κ1) is 16.8. The van der Waals surface area contributed by atoms with Crippen molar-refractivity contribution in [2.75, 3.05) is 26.3 Å². The van der Waals surface area contributed by atoms with E-state index in [4.69, 9.17) is 4.74 Å². The van der Waals surface area contributed by atoms with E-state index in [2.05, 4.69) is 19.9 Å². The first-order valence-corrected chi connectivity index (χ1v) is 8.26. The summed E-state index contributed by atoms with van der Waals surface area (Å²) in [6, 6.07) is 7.94. The second-order valence-corrected chi connectivity index (χ2v) is 6.17. The van der Waals surface area contributed by atoms with Crippen LogP contribution in [-0.4, -0.2) is 42.2 Å². The molecule has 1 heterocycles. The van der Waals surface area contributed by atoms with Gasteiger partial charge in [0.15, 0.2) is 6.61 Å². The molecule has 1 aromatic rings. The van der Waals surface area contributed by atoms with Crippen LogP contribution in [0.4, 0.5) is 0 Å². The number of aliphatic hydroxyl groups is 1. The van der Waals surface area contributed by atoms with Crippen molar-refractivity contribution in [3.05, 3.63) is 29.8 Å². The van der Waals surface area contributed by atoms with E-state index < -0.39 is 0 Å². The zero-order valence-corrected chi connectivity index (χ0v) is 13.6. The SMILES string of the molecule is CCC(C)c1ccccc1OCC(=O)N1CCCC(CO)C1. The fourth-order valence-electron chi connectivity index (χ4n) is 2.91. The molecule has 1 fully saturated rings. The van der Waals surface area contributed by atoms with Crippen LogP contribution in [0.25, 0.3) is 0 Å². The summed E-state index contributed by atoms with van der Waals surface area (Å²) in [6.45, 7) is 5.96. The van der Waals surface area contributed by atoms with Gasteiger partial charge in [-0.05, 0) is 42.7 Å². The van der Waals surface area contributed by atoms with Gasteiger partial charge in [0.25, 0.3) is 5.91 Å². The molecule has 4 heteroatoms. The van der Waals surface area contributed by atoms with Crippen LogP contribution in [0.15, 0.2) is 24.3 Å². The average molecular weight is 305 g/mol. The van der Waals surface area contributed by atoms with Crippen LogP contribution in [0.1, 0.15) is 44.6 Å². The maximum atomic E-state index is 12.3. The fraction of sp³-hybridized carbons (Fsp3) is 0.611. The molecule has 0 bridgehead atoms. The number of amides is 1. The van der Waals surface area contributed by atoms with E-state index >= 15 is 0 Å². The molecular weight excluding hydrogens is 278 g/mol. The van der Waals surface area contributed by atoms with Crippen LogP contribution in [-0.2, 0) is 4.79 Å². The number of rotatable bonds is 6. The van der Waals surface area contributed by atoms with Crippen LogP contribution in [0.3, 0.4) is 0 Å². The van der Waals surface area contributed by atoms with Crippen molar-refractivity contribution in [3.8, 4) is 5.75 Å². The molecule has 1 saturated heterocycles. The van der Waals surface area contributed by atoms with Gasteiger partial charge in [0.05, 0.1) is 0 Å². The number of carbonyl (C=O) groups excluding carboxylic acids is 1. The molecule has 1 aromatic carbocycles. The summed E-state index contributed by atoms with van der Waals surface area (Å²) in [4.78, 5) is 14.1. The van der Waals surface area contributed by atoms with Gasteiger partial charge >= 0.3 is 0 Å². The number of ether oxygens (including phenoxy) is 1. The van der Waals surface area contributed by atoms with Crippen molar-refractivity contribution in [1.82, 2.24) is 4.90 Å². The fourth-order valence-corrected chi connectivity index (χ4v) is 2.91. The van der Waals surface area contributed by atoms with E-state index in [9.17, 15) is 9.90 Å². The van der Waals surface area contributed by atoms with Gasteiger partial charge in [0.1, 0.15) is 5.75 Å². The summed E-state index contributed by atoms with van der Waals surface area (Å²) in [5.74, 6) is 1.45. The van der Waals surface area contributed by atoms with Gasteiger partial charge in [-0.15, -0.1) is 0 Å². The zero-order valence-electron chi connectivity index (χ0n) is 13.6. The third kappa shape index (κ3) is 4.23. The predicted molar refractivity (Wildman–Crippen MR) is 87.0 cm³/mol. The molecule has 0 aromatic heterocycles. The monoisotopic (exact) mass is 305 g/mol. The first-order chi connectivity index (χ1) is 10.7. The minimum absolute atomic E-state index is 0.0112. The van der Waals surface area contributed by atoms with Crippen molar-refractivity contribution in [1.29, 1.82) is 0 Å². The number of nitrogens with zero attached hydrogens (tertiary/aromatic N) is 1. The molecule has 1 aliphatic rings. The van der Waals surface area contributed by atoms with Crippen molar-refractivity contribution in [2.45, 2.75) is 39.0 Å². The van der Waals surface area contributed by atoms with Gasteiger partial charge in [-0.1, -0.05) is 32.0 Å². The molecule has 0 radical (unpaired) electrons. The smallest absolute Gasteiger partial charge is 0.260 e. The topological polar surface area (TPSA) is 49.8 Å². The predicted octanol–water partition coefficient (Wildman–Crippen LogP) is 2.81. The van der Waals surface area contributed by atoms with Crippen LogP contribution in [0, 0.1) is 5.92 Å². The summed E-state index contributed by atoms with van der Waals surface area (Å²) in [5, 5.41) is 9.25. The number of piperidine rings is 1. The molecular formula is C18H27NO3. The maximum Gasteiger partial charge on any atom is 0.260 e. The van der Waals surface area contributed by atoms with Crippen LogP contribution in [0.5, 0.6) is 5.75 Å². The molecule has 1 aliphatic heterocycles. The highest BCUT2D eigenvalue weighted by Crippen LogP contribution is 2.28. The van der Waals surface area contributed by atoms with Crippen LogP contribution < -0.4 is 4.74 Å². The van der Waals surface area contributed by atoms with E-state index in [1.807, 2.05) is 23.1 Å². The van der Waals surface area contributed by atoms with Crippen molar-refractivity contribution >= 4 is 5.91 Å². The lowest BCUT2D eigenvalue weighted by atomic mass is 9.98. The molecule has 122 valence electrons. The summed E-state index contributed by atoms with van der Waals surface area (Å²) >= 11 is 0. The van der Waals surface area contributed by atoms with E-state index in [0.29, 0.717) is 12.5 Å². The van der Waals surface area contributed by atoms with E-state index in [1.54, 1.807) is 0 Å². The normalized spacial score (nSPS) is 19.8. The number of carbonyl (C=O) groups is 1. The van der Waals surface area contributed by atoms with Crippen molar-refractivity contribution in [3.63, 3.8) is 0 Å². The molecule has 1 amide bonds. The Morgan fingerprint density at radius 3 is 2.95 bits per heavy atom. The Kier molecular flexibility index (Phi) is 6.25. The summed E-state index contributed by atoms with van der Waals surface area (Å²) in [5.41, 5.74) is 1.16. The average Bonchev–Trinajstić information content (AvgIpc) is 2.59. The van der Waals surface area contributed by atoms with Gasteiger partial charge in [-0.25, -0.2) is 0 Å². The number of likely N-dealkylation sites (tertiary alicyclic amines) is 1. The minimum atomic E-state index is 0.0112. The molecule has 0 spiro atoms. The number of benzene rings is 1. The van der Waals surface area contributed by atoms with Crippen LogP contribution >= 0.6 is 0 Å². The quantitative estimate of drug-likeness (QED) is 0.879. The zero-order chi connectivity index (χ0) is 15.9. The molecule has 22 heavy (non-hydrogen) atoms. The van der Waals surface area contributed by atoms with Gasteiger partial charge in [0.2, 0.25) is 0 Å². The summed E-state index contributed by atoms with van der Waals surface area (Å²) in [7, 11) is 0. The van der Waals surface area contributed by atoms with Crippen molar-refractivity contribution in [2.24, 2.45) is 5.92 Å². The highest BCUT2D eigenvalue weighted by Gasteiger charge is 2.23. The highest BCUT2D eigenvalue weighted by atomic mass is 16.5. The Morgan fingerprint density at radius 1 is 1.45 bits per heavy atom. The van der Waals surface area contributed by atoms with Gasteiger partial charge < -0.3 is 14.7 Å². The summed E-state index contributed by atoms with van der Waals surface area (Å²) in [6.07, 6.45) is 3.00. The second kappa shape index (κ2) is 8.18. The van der Waals surface area contributed by atoms with Gasteiger partial charge in [-0.2, -0.15) is 0 Å². The molecule has 0 aliphatic carbocycles. The second-order valence-electron chi connectivity index (χ2n) is 6.17. The number of hydrogen-bond acceptors (Lipinski definition) is 3. The lowest BCUT2D eigenvalue weighted by molar-refractivity contribution is -0.135. The Balaban J connectivity index is 1.94. The number of para-hydroxylation sites is 1. The molecule has 1 N–H and O–H groups in total. The maximum absolute atomic E-state index is 12.3. The Hall–Kier alpha value is -1.55. The lowest BCUT2D eigenvalue weighted by Crippen LogP contribution is -2.43. The Morgan fingerprint density at radius 2 is 2.23 bits per heavy atom.